The number of para-hydroxylation sites is 2. The Balaban J connectivity index is 2.74. The fourth-order valence-electron chi connectivity index (χ4n) is 2.12. The van der Waals surface area contributed by atoms with Crippen LogP contribution in [0.25, 0.3) is 0 Å². The Hall–Kier alpha value is -1.75. The maximum atomic E-state index is 12.1. The van der Waals surface area contributed by atoms with Gasteiger partial charge in [0.05, 0.1) is 11.4 Å². The van der Waals surface area contributed by atoms with E-state index >= 15 is 0 Å². The van der Waals surface area contributed by atoms with E-state index < -0.39 is 0 Å². The Morgan fingerprint density at radius 1 is 1.33 bits per heavy atom. The lowest BCUT2D eigenvalue weighted by Crippen LogP contribution is -2.41. The molecule has 0 unspecified atom stereocenters. The Bertz CT molecular complexity index is 449. The number of hydrogen-bond acceptors (Lipinski definition) is 3. The first-order valence-electron chi connectivity index (χ1n) is 7.48. The lowest BCUT2D eigenvalue weighted by Gasteiger charge is -2.24. The van der Waals surface area contributed by atoms with Gasteiger partial charge in [0.1, 0.15) is 0 Å². The largest absolute Gasteiger partial charge is 0.396 e. The topological polar surface area (TPSA) is 64.6 Å². The highest BCUT2D eigenvalue weighted by molar-refractivity contribution is 5.93. The van der Waals surface area contributed by atoms with Gasteiger partial charge in [-0.1, -0.05) is 26.0 Å². The number of carbonyl (C=O) groups is 1. The van der Waals surface area contributed by atoms with Gasteiger partial charge in [-0.05, 0) is 31.4 Å². The number of nitrogens with one attached hydrogen (secondary N) is 2. The first-order chi connectivity index (χ1) is 9.99. The van der Waals surface area contributed by atoms with Crippen LogP contribution in [0.4, 0.5) is 16.2 Å². The molecule has 1 aromatic rings. The summed E-state index contributed by atoms with van der Waals surface area (Å²) in [6.07, 6.45) is 0.557. The number of benzene rings is 1. The summed E-state index contributed by atoms with van der Waals surface area (Å²) in [6, 6.07) is 7.44. The van der Waals surface area contributed by atoms with Crippen LogP contribution in [0.15, 0.2) is 24.3 Å². The molecule has 3 N–H and O–H groups in total. The van der Waals surface area contributed by atoms with Crippen molar-refractivity contribution in [2.45, 2.75) is 33.2 Å². The molecule has 0 aliphatic heterocycles. The van der Waals surface area contributed by atoms with Crippen molar-refractivity contribution in [3.63, 3.8) is 0 Å². The van der Waals surface area contributed by atoms with Crippen molar-refractivity contribution in [1.29, 1.82) is 0 Å². The Morgan fingerprint density at radius 3 is 2.57 bits per heavy atom. The fourth-order valence-corrected chi connectivity index (χ4v) is 2.12. The number of urea groups is 1. The summed E-state index contributed by atoms with van der Waals surface area (Å²) in [6.45, 7) is 7.05. The molecule has 21 heavy (non-hydrogen) atoms. The number of rotatable bonds is 7. The Morgan fingerprint density at radius 2 is 2.00 bits per heavy atom. The first kappa shape index (κ1) is 17.3. The molecule has 0 spiro atoms. The number of nitrogens with zero attached hydrogens (tertiary/aromatic N) is 1. The van der Waals surface area contributed by atoms with Gasteiger partial charge >= 0.3 is 6.03 Å². The van der Waals surface area contributed by atoms with Crippen LogP contribution < -0.4 is 15.5 Å². The number of aliphatic hydroxyl groups is 1. The van der Waals surface area contributed by atoms with E-state index in [4.69, 9.17) is 5.11 Å². The average Bonchev–Trinajstić information content (AvgIpc) is 2.46. The minimum Gasteiger partial charge on any atom is -0.396 e. The molecule has 0 saturated carbocycles. The van der Waals surface area contributed by atoms with Crippen molar-refractivity contribution in [2.75, 3.05) is 30.4 Å². The average molecular weight is 293 g/mol. The van der Waals surface area contributed by atoms with Crippen LogP contribution in [0.1, 0.15) is 27.2 Å². The minimum absolute atomic E-state index is 0.0360. The third kappa shape index (κ3) is 5.27. The van der Waals surface area contributed by atoms with E-state index in [9.17, 15) is 4.79 Å². The third-order valence-electron chi connectivity index (χ3n) is 3.60. The van der Waals surface area contributed by atoms with Gasteiger partial charge in [0.2, 0.25) is 0 Å². The van der Waals surface area contributed by atoms with Crippen LogP contribution in [0, 0.1) is 5.92 Å². The van der Waals surface area contributed by atoms with Gasteiger partial charge in [0.15, 0.2) is 0 Å². The van der Waals surface area contributed by atoms with Crippen LogP contribution in [-0.2, 0) is 0 Å². The van der Waals surface area contributed by atoms with E-state index in [1.807, 2.05) is 45.2 Å². The lowest BCUT2D eigenvalue weighted by atomic mass is 10.0. The number of hydrogen-bond donors (Lipinski definition) is 3. The summed E-state index contributed by atoms with van der Waals surface area (Å²) in [7, 11) is 1.99. The summed E-state index contributed by atoms with van der Waals surface area (Å²) in [5, 5.41) is 14.9. The second kappa shape index (κ2) is 8.52. The quantitative estimate of drug-likeness (QED) is 0.724. The molecule has 5 heteroatoms. The molecule has 1 aromatic carbocycles. The molecule has 0 bridgehead atoms. The number of amides is 2. The third-order valence-corrected chi connectivity index (χ3v) is 3.60. The fraction of sp³-hybridized carbons (Fsp3) is 0.562. The van der Waals surface area contributed by atoms with Crippen LogP contribution in [0.3, 0.4) is 0 Å². The normalized spacial score (nSPS) is 12.1. The summed E-state index contributed by atoms with van der Waals surface area (Å²) >= 11 is 0. The van der Waals surface area contributed by atoms with E-state index in [0.717, 1.165) is 17.9 Å². The first-order valence-corrected chi connectivity index (χ1v) is 7.48. The van der Waals surface area contributed by atoms with Crippen molar-refractivity contribution in [2.24, 2.45) is 5.92 Å². The van der Waals surface area contributed by atoms with Crippen LogP contribution >= 0.6 is 0 Å². The van der Waals surface area contributed by atoms with E-state index in [-0.39, 0.29) is 24.6 Å². The molecule has 0 aliphatic rings. The zero-order valence-corrected chi connectivity index (χ0v) is 13.4. The van der Waals surface area contributed by atoms with E-state index in [1.54, 1.807) is 0 Å². The summed E-state index contributed by atoms with van der Waals surface area (Å²) in [5.41, 5.74) is 1.77. The summed E-state index contributed by atoms with van der Waals surface area (Å²) in [5.74, 6) is 0.274. The van der Waals surface area contributed by atoms with Gasteiger partial charge in [-0.15, -0.1) is 0 Å². The molecule has 2 amide bonds. The van der Waals surface area contributed by atoms with Gasteiger partial charge in [0, 0.05) is 26.2 Å². The summed E-state index contributed by atoms with van der Waals surface area (Å²) < 4.78 is 0. The maximum Gasteiger partial charge on any atom is 0.319 e. The SMILES string of the molecule is CCN(C)c1ccccc1NC(=O)N[C@H](CCO)C(C)C. The Labute approximate surface area is 127 Å². The number of carbonyl (C=O) groups excluding carboxylic acids is 1. The predicted octanol–water partition coefficient (Wildman–Crippen LogP) is 2.67. The molecule has 5 nitrogen and oxygen atoms in total. The molecule has 0 fully saturated rings. The zero-order valence-electron chi connectivity index (χ0n) is 13.4. The van der Waals surface area contributed by atoms with Gasteiger partial charge in [-0.3, -0.25) is 0 Å². The van der Waals surface area contributed by atoms with Gasteiger partial charge < -0.3 is 20.6 Å². The molecule has 1 rings (SSSR count). The van der Waals surface area contributed by atoms with Crippen molar-refractivity contribution in [3.05, 3.63) is 24.3 Å². The molecular formula is C16H27N3O2. The minimum atomic E-state index is -0.237. The predicted molar refractivity (Wildman–Crippen MR) is 87.9 cm³/mol. The molecule has 0 heterocycles. The molecular weight excluding hydrogens is 266 g/mol. The second-order valence-electron chi connectivity index (χ2n) is 5.49. The highest BCUT2D eigenvalue weighted by Crippen LogP contribution is 2.24. The molecule has 0 saturated heterocycles. The van der Waals surface area contributed by atoms with E-state index in [2.05, 4.69) is 22.5 Å². The summed E-state index contributed by atoms with van der Waals surface area (Å²) in [4.78, 5) is 14.2. The van der Waals surface area contributed by atoms with E-state index in [1.165, 1.54) is 0 Å². The molecule has 0 aromatic heterocycles. The highest BCUT2D eigenvalue weighted by atomic mass is 16.3. The van der Waals surface area contributed by atoms with Crippen molar-refractivity contribution in [1.82, 2.24) is 5.32 Å². The number of aliphatic hydroxyl groups excluding tert-OH is 1. The van der Waals surface area contributed by atoms with Crippen molar-refractivity contribution >= 4 is 17.4 Å². The van der Waals surface area contributed by atoms with Crippen molar-refractivity contribution in [3.8, 4) is 0 Å². The van der Waals surface area contributed by atoms with Crippen LogP contribution in [-0.4, -0.2) is 37.4 Å². The van der Waals surface area contributed by atoms with Crippen LogP contribution in [0.5, 0.6) is 0 Å². The second-order valence-corrected chi connectivity index (χ2v) is 5.49. The van der Waals surface area contributed by atoms with Gasteiger partial charge in [0.25, 0.3) is 0 Å². The molecule has 0 aliphatic carbocycles. The maximum absolute atomic E-state index is 12.1. The molecule has 0 radical (unpaired) electrons. The van der Waals surface area contributed by atoms with E-state index in [0.29, 0.717) is 6.42 Å². The zero-order chi connectivity index (χ0) is 15.8. The molecule has 1 atom stereocenters. The molecule has 118 valence electrons. The number of anilines is 2. The Kier molecular flexibility index (Phi) is 7.02. The van der Waals surface area contributed by atoms with Crippen molar-refractivity contribution < 1.29 is 9.90 Å². The lowest BCUT2D eigenvalue weighted by molar-refractivity contribution is 0.227. The van der Waals surface area contributed by atoms with Gasteiger partial charge in [-0.25, -0.2) is 4.79 Å². The standard InChI is InChI=1S/C16H27N3O2/c1-5-19(4)15-9-7-6-8-14(15)18-16(21)17-13(10-11-20)12(2)3/h6-9,12-13,20H,5,10-11H2,1-4H3,(H2,17,18,21)/t13-/m1/s1. The smallest absolute Gasteiger partial charge is 0.319 e. The van der Waals surface area contributed by atoms with Gasteiger partial charge in [-0.2, -0.15) is 0 Å². The monoisotopic (exact) mass is 293 g/mol. The van der Waals surface area contributed by atoms with Crippen LogP contribution in [0.2, 0.25) is 0 Å². The highest BCUT2D eigenvalue weighted by Gasteiger charge is 2.16.